The topological polar surface area (TPSA) is 29.5 Å². The predicted octanol–water partition coefficient (Wildman–Crippen LogP) is 3.09. The molecule has 88 valence electrons. The SMILES string of the molecule is COc1ccc(C2(O)CCC(C)(C)C2)cc1. The Balaban J connectivity index is 2.23. The molecule has 0 bridgehead atoms. The molecule has 1 unspecified atom stereocenters. The van der Waals surface area contributed by atoms with Crippen LogP contribution >= 0.6 is 0 Å². The van der Waals surface area contributed by atoms with Gasteiger partial charge in [-0.1, -0.05) is 26.0 Å². The molecule has 1 N–H and O–H groups in total. The van der Waals surface area contributed by atoms with E-state index in [1.54, 1.807) is 7.11 Å². The Kier molecular flexibility index (Phi) is 2.70. The van der Waals surface area contributed by atoms with Crippen LogP contribution in [0.5, 0.6) is 5.75 Å². The van der Waals surface area contributed by atoms with Crippen molar-refractivity contribution in [3.05, 3.63) is 29.8 Å². The highest BCUT2D eigenvalue weighted by atomic mass is 16.5. The van der Waals surface area contributed by atoms with Crippen molar-refractivity contribution in [2.45, 2.75) is 38.7 Å². The van der Waals surface area contributed by atoms with Crippen molar-refractivity contribution in [1.29, 1.82) is 0 Å². The highest BCUT2D eigenvalue weighted by Gasteiger charge is 2.42. The molecule has 0 radical (unpaired) electrons. The first-order valence-electron chi connectivity index (χ1n) is 5.82. The van der Waals surface area contributed by atoms with E-state index in [2.05, 4.69) is 13.8 Å². The normalized spacial score (nSPS) is 28.0. The third-order valence-electron chi connectivity index (χ3n) is 3.61. The summed E-state index contributed by atoms with van der Waals surface area (Å²) in [6.07, 6.45) is 2.77. The molecule has 1 aromatic carbocycles. The molecule has 2 heteroatoms. The van der Waals surface area contributed by atoms with Crippen molar-refractivity contribution in [1.82, 2.24) is 0 Å². The second-order valence-corrected chi connectivity index (χ2v) is 5.60. The van der Waals surface area contributed by atoms with Crippen LogP contribution in [-0.2, 0) is 5.60 Å². The number of methoxy groups -OCH3 is 1. The summed E-state index contributed by atoms with van der Waals surface area (Å²) < 4.78 is 5.12. The lowest BCUT2D eigenvalue weighted by Crippen LogP contribution is -2.23. The van der Waals surface area contributed by atoms with Crippen LogP contribution in [0.1, 0.15) is 38.7 Å². The summed E-state index contributed by atoms with van der Waals surface area (Å²) >= 11 is 0. The molecule has 0 saturated heterocycles. The van der Waals surface area contributed by atoms with Gasteiger partial charge in [0.15, 0.2) is 0 Å². The number of aliphatic hydroxyl groups is 1. The van der Waals surface area contributed by atoms with E-state index in [4.69, 9.17) is 4.74 Å². The summed E-state index contributed by atoms with van der Waals surface area (Å²) in [4.78, 5) is 0. The summed E-state index contributed by atoms with van der Waals surface area (Å²) in [5, 5.41) is 10.6. The number of hydrogen-bond donors (Lipinski definition) is 1. The molecular weight excluding hydrogens is 200 g/mol. The van der Waals surface area contributed by atoms with Crippen LogP contribution in [0, 0.1) is 5.41 Å². The Hall–Kier alpha value is -1.02. The van der Waals surface area contributed by atoms with Gasteiger partial charge in [0.25, 0.3) is 0 Å². The molecule has 16 heavy (non-hydrogen) atoms. The van der Waals surface area contributed by atoms with E-state index in [-0.39, 0.29) is 5.41 Å². The van der Waals surface area contributed by atoms with Gasteiger partial charge >= 0.3 is 0 Å². The van der Waals surface area contributed by atoms with Crippen LogP contribution < -0.4 is 4.74 Å². The van der Waals surface area contributed by atoms with Gasteiger partial charge in [-0.05, 0) is 42.4 Å². The number of rotatable bonds is 2. The number of benzene rings is 1. The van der Waals surface area contributed by atoms with E-state index in [1.165, 1.54) is 0 Å². The molecule has 0 aromatic heterocycles. The molecule has 1 aliphatic rings. The lowest BCUT2D eigenvalue weighted by atomic mass is 9.86. The van der Waals surface area contributed by atoms with Gasteiger partial charge in [-0.15, -0.1) is 0 Å². The Morgan fingerprint density at radius 2 is 1.75 bits per heavy atom. The van der Waals surface area contributed by atoms with E-state index in [0.717, 1.165) is 30.6 Å². The number of hydrogen-bond acceptors (Lipinski definition) is 2. The maximum atomic E-state index is 10.6. The van der Waals surface area contributed by atoms with E-state index in [9.17, 15) is 5.11 Å². The third-order valence-corrected chi connectivity index (χ3v) is 3.61. The van der Waals surface area contributed by atoms with Gasteiger partial charge in [0.1, 0.15) is 5.75 Å². The van der Waals surface area contributed by atoms with Crippen LogP contribution in [0.3, 0.4) is 0 Å². The molecular formula is C14H20O2. The van der Waals surface area contributed by atoms with E-state index >= 15 is 0 Å². The molecule has 2 nitrogen and oxygen atoms in total. The fourth-order valence-electron chi connectivity index (χ4n) is 2.66. The van der Waals surface area contributed by atoms with Gasteiger partial charge in [0.2, 0.25) is 0 Å². The van der Waals surface area contributed by atoms with Gasteiger partial charge in [0.05, 0.1) is 12.7 Å². The van der Waals surface area contributed by atoms with Crippen LogP contribution in [0.4, 0.5) is 0 Å². The Bertz CT molecular complexity index is 367. The second-order valence-electron chi connectivity index (χ2n) is 5.60. The Morgan fingerprint density at radius 3 is 2.19 bits per heavy atom. The second kappa shape index (κ2) is 3.77. The van der Waals surface area contributed by atoms with Crippen molar-refractivity contribution >= 4 is 0 Å². The van der Waals surface area contributed by atoms with Crippen molar-refractivity contribution in [3.8, 4) is 5.75 Å². The summed E-state index contributed by atoms with van der Waals surface area (Å²) in [5.74, 6) is 0.838. The Morgan fingerprint density at radius 1 is 1.12 bits per heavy atom. The Labute approximate surface area is 97.3 Å². The fourth-order valence-corrected chi connectivity index (χ4v) is 2.66. The molecule has 1 aliphatic carbocycles. The molecule has 1 aromatic rings. The maximum Gasteiger partial charge on any atom is 0.118 e. The summed E-state index contributed by atoms with van der Waals surface area (Å²) in [6, 6.07) is 7.78. The minimum atomic E-state index is -0.643. The average molecular weight is 220 g/mol. The minimum absolute atomic E-state index is 0.245. The monoisotopic (exact) mass is 220 g/mol. The van der Waals surface area contributed by atoms with Gasteiger partial charge in [0, 0.05) is 0 Å². The molecule has 1 saturated carbocycles. The molecule has 0 spiro atoms. The number of ether oxygens (including phenoxy) is 1. The maximum absolute atomic E-state index is 10.6. The van der Waals surface area contributed by atoms with Gasteiger partial charge < -0.3 is 9.84 Å². The average Bonchev–Trinajstić information content (AvgIpc) is 2.54. The van der Waals surface area contributed by atoms with Crippen LogP contribution in [0.2, 0.25) is 0 Å². The summed E-state index contributed by atoms with van der Waals surface area (Å²) in [6.45, 7) is 4.43. The third kappa shape index (κ3) is 2.07. The first kappa shape index (κ1) is 11.5. The standard InChI is InChI=1S/C14H20O2/c1-13(2)8-9-14(15,10-13)11-4-6-12(16-3)7-5-11/h4-7,15H,8-10H2,1-3H3. The van der Waals surface area contributed by atoms with Crippen molar-refractivity contribution in [2.24, 2.45) is 5.41 Å². The lowest BCUT2D eigenvalue weighted by molar-refractivity contribution is 0.0338. The zero-order valence-corrected chi connectivity index (χ0v) is 10.3. The zero-order valence-electron chi connectivity index (χ0n) is 10.3. The molecule has 0 aliphatic heterocycles. The van der Waals surface area contributed by atoms with E-state index < -0.39 is 5.60 Å². The first-order chi connectivity index (χ1) is 7.45. The van der Waals surface area contributed by atoms with Crippen molar-refractivity contribution < 1.29 is 9.84 Å². The highest BCUT2D eigenvalue weighted by Crippen LogP contribution is 2.48. The van der Waals surface area contributed by atoms with Crippen LogP contribution in [0.15, 0.2) is 24.3 Å². The summed E-state index contributed by atoms with van der Waals surface area (Å²) in [7, 11) is 1.66. The highest BCUT2D eigenvalue weighted by molar-refractivity contribution is 5.31. The smallest absolute Gasteiger partial charge is 0.118 e. The molecule has 1 fully saturated rings. The molecule has 0 amide bonds. The van der Waals surface area contributed by atoms with Crippen molar-refractivity contribution in [2.75, 3.05) is 7.11 Å². The quantitative estimate of drug-likeness (QED) is 0.830. The molecule has 2 rings (SSSR count). The molecule has 0 heterocycles. The van der Waals surface area contributed by atoms with Crippen molar-refractivity contribution in [3.63, 3.8) is 0 Å². The van der Waals surface area contributed by atoms with Crippen LogP contribution in [0.25, 0.3) is 0 Å². The van der Waals surface area contributed by atoms with Gasteiger partial charge in [-0.3, -0.25) is 0 Å². The summed E-state index contributed by atoms with van der Waals surface area (Å²) in [5.41, 5.74) is 0.614. The van der Waals surface area contributed by atoms with Gasteiger partial charge in [-0.2, -0.15) is 0 Å². The largest absolute Gasteiger partial charge is 0.497 e. The molecule has 1 atom stereocenters. The first-order valence-corrected chi connectivity index (χ1v) is 5.82. The predicted molar refractivity (Wildman–Crippen MR) is 64.5 cm³/mol. The van der Waals surface area contributed by atoms with Gasteiger partial charge in [-0.25, -0.2) is 0 Å². The van der Waals surface area contributed by atoms with Crippen LogP contribution in [-0.4, -0.2) is 12.2 Å². The zero-order chi connectivity index (χ0) is 11.8. The fraction of sp³-hybridized carbons (Fsp3) is 0.571. The van der Waals surface area contributed by atoms with E-state index in [1.807, 2.05) is 24.3 Å². The minimum Gasteiger partial charge on any atom is -0.497 e. The van der Waals surface area contributed by atoms with E-state index in [0.29, 0.717) is 0 Å². The lowest BCUT2D eigenvalue weighted by Gasteiger charge is -2.25.